The zero-order valence-electron chi connectivity index (χ0n) is 21.5. The van der Waals surface area contributed by atoms with Crippen LogP contribution in [0.15, 0.2) is 103 Å². The number of hydrogen-bond donors (Lipinski definition) is 1. The van der Waals surface area contributed by atoms with Crippen LogP contribution in [0.4, 0.5) is 0 Å². The van der Waals surface area contributed by atoms with Gasteiger partial charge < -0.3 is 5.11 Å². The molecule has 0 unspecified atom stereocenters. The molecule has 0 fully saturated rings. The number of aromatic nitrogens is 4. The van der Waals surface area contributed by atoms with Crippen LogP contribution in [0.1, 0.15) is 28.9 Å². The van der Waals surface area contributed by atoms with Crippen molar-refractivity contribution >= 4 is 36.5 Å². The number of nitrogens with zero attached hydrogens (tertiary/aromatic N) is 4. The molecule has 0 aliphatic rings. The number of carboxylic acid groups (broad SMARTS) is 1. The van der Waals surface area contributed by atoms with Crippen molar-refractivity contribution in [2.75, 3.05) is 0 Å². The average molecular weight is 598 g/mol. The van der Waals surface area contributed by atoms with Crippen molar-refractivity contribution < 1.29 is 9.90 Å². The average Bonchev–Trinajstić information content (AvgIpc) is 3.40. The number of benzene rings is 3. The van der Waals surface area contributed by atoms with E-state index in [1.165, 1.54) is 20.1 Å². The Morgan fingerprint density at radius 1 is 0.649 bits per heavy atom. The van der Waals surface area contributed by atoms with Crippen LogP contribution in [0.5, 0.6) is 0 Å². The quantitative estimate of drug-likeness (QED) is 0.303. The normalized spacial score (nSPS) is 10.9. The van der Waals surface area contributed by atoms with Crippen LogP contribution < -0.4 is 10.7 Å². The second-order valence-corrected chi connectivity index (χ2v) is 16.0. The third-order valence-corrected chi connectivity index (χ3v) is 13.8. The summed E-state index contributed by atoms with van der Waals surface area (Å²) >= 11 is -1.98. The minimum absolute atomic E-state index is 0.792. The molecule has 7 heteroatoms. The molecule has 0 spiro atoms. The van der Waals surface area contributed by atoms with Crippen molar-refractivity contribution in [1.29, 1.82) is 0 Å². The van der Waals surface area contributed by atoms with Crippen molar-refractivity contribution in [3.8, 4) is 0 Å². The Bertz CT molecular complexity index is 1310. The van der Waals surface area contributed by atoms with Gasteiger partial charge in [0.1, 0.15) is 0 Å². The minimum atomic E-state index is -1.98. The van der Waals surface area contributed by atoms with Gasteiger partial charge in [0, 0.05) is 11.4 Å². The first-order valence-corrected chi connectivity index (χ1v) is 16.4. The van der Waals surface area contributed by atoms with E-state index in [4.69, 9.17) is 0 Å². The fourth-order valence-corrected chi connectivity index (χ4v) is 11.8. The van der Waals surface area contributed by atoms with E-state index in [1.807, 2.05) is 39.8 Å². The molecule has 0 atom stereocenters. The van der Waals surface area contributed by atoms with Gasteiger partial charge in [-0.3, -0.25) is 0 Å². The fraction of sp³-hybridized carbons (Fsp3) is 0.167. The van der Waals surface area contributed by atoms with Gasteiger partial charge in [-0.05, 0) is 39.8 Å². The number of hydrogen-bond acceptors (Lipinski definition) is 3. The van der Waals surface area contributed by atoms with Crippen molar-refractivity contribution in [2.24, 2.45) is 0 Å². The summed E-state index contributed by atoms with van der Waals surface area (Å²) in [5.41, 5.74) is 3.18. The first kappa shape index (κ1) is 26.4. The van der Waals surface area contributed by atoms with E-state index in [0.29, 0.717) is 0 Å². The molecule has 0 aliphatic carbocycles. The third kappa shape index (κ3) is 6.38. The standard InChI is InChI=1S/C12H16N4O2.3C6H5.Sn/c1-7-5-9(3)15(13-7)11(12(17)18)16-10(4)6-8(2)14-16;3*1-2-4-6-5-3-1;/h5-6,11H,1-4H3,(H,17,18);3*1-5H;. The van der Waals surface area contributed by atoms with Gasteiger partial charge in [0.05, 0.1) is 11.4 Å². The molecule has 5 aromatic rings. The first-order valence-electron chi connectivity index (χ1n) is 12.2. The number of aryl methyl sites for hydroxylation is 4. The summed E-state index contributed by atoms with van der Waals surface area (Å²) in [6.07, 6.45) is -0.938. The molecular weight excluding hydrogens is 567 g/mol. The van der Waals surface area contributed by atoms with Gasteiger partial charge >= 0.3 is 127 Å². The van der Waals surface area contributed by atoms with Gasteiger partial charge in [-0.15, -0.1) is 0 Å². The molecule has 0 aliphatic heterocycles. The van der Waals surface area contributed by atoms with E-state index in [2.05, 4.69) is 101 Å². The molecule has 1 N–H and O–H groups in total. The Balaban J connectivity index is 0.000000173. The van der Waals surface area contributed by atoms with E-state index < -0.39 is 31.9 Å². The van der Waals surface area contributed by atoms with Crippen LogP contribution >= 0.6 is 0 Å². The maximum atomic E-state index is 11.5. The van der Waals surface area contributed by atoms with E-state index in [1.54, 1.807) is 0 Å². The van der Waals surface area contributed by atoms with Gasteiger partial charge in [0.15, 0.2) is 0 Å². The molecule has 2 heterocycles. The van der Waals surface area contributed by atoms with Gasteiger partial charge in [-0.2, -0.15) is 10.2 Å². The van der Waals surface area contributed by atoms with Crippen molar-refractivity contribution in [3.05, 3.63) is 126 Å². The van der Waals surface area contributed by atoms with E-state index in [9.17, 15) is 9.90 Å². The summed E-state index contributed by atoms with van der Waals surface area (Å²) in [6, 6.07) is 36.6. The molecule has 5 rings (SSSR count). The van der Waals surface area contributed by atoms with Gasteiger partial charge in [-0.25, -0.2) is 14.2 Å². The van der Waals surface area contributed by atoms with Crippen molar-refractivity contribution in [1.82, 2.24) is 19.6 Å². The number of carboxylic acids is 1. The Morgan fingerprint density at radius 2 is 0.973 bits per heavy atom. The zero-order chi connectivity index (χ0) is 26.4. The fourth-order valence-electron chi connectivity index (χ4n) is 4.41. The van der Waals surface area contributed by atoms with Crippen molar-refractivity contribution in [3.63, 3.8) is 0 Å². The maximum absolute atomic E-state index is 11.5. The molecule has 0 saturated carbocycles. The molecular formula is C30H31N4O2Sn. The Kier molecular flexibility index (Phi) is 8.61. The predicted octanol–water partition coefficient (Wildman–Crippen LogP) is 3.65. The summed E-state index contributed by atoms with van der Waals surface area (Å²) in [7, 11) is 0. The van der Waals surface area contributed by atoms with Crippen LogP contribution in [0.3, 0.4) is 0 Å². The van der Waals surface area contributed by atoms with Crippen LogP contribution in [-0.4, -0.2) is 50.4 Å². The Hall–Kier alpha value is -3.65. The molecule has 187 valence electrons. The van der Waals surface area contributed by atoms with Crippen LogP contribution in [-0.2, 0) is 4.79 Å². The van der Waals surface area contributed by atoms with E-state index >= 15 is 0 Å². The zero-order valence-corrected chi connectivity index (χ0v) is 24.4. The molecule has 0 amide bonds. The van der Waals surface area contributed by atoms with E-state index in [-0.39, 0.29) is 0 Å². The second-order valence-electron chi connectivity index (χ2n) is 8.93. The monoisotopic (exact) mass is 599 g/mol. The molecule has 1 radical (unpaired) electrons. The molecule has 2 aromatic heterocycles. The second kappa shape index (κ2) is 12.1. The molecule has 37 heavy (non-hydrogen) atoms. The Labute approximate surface area is 225 Å². The Morgan fingerprint density at radius 3 is 1.22 bits per heavy atom. The van der Waals surface area contributed by atoms with Crippen molar-refractivity contribution in [2.45, 2.75) is 33.9 Å². The van der Waals surface area contributed by atoms with E-state index in [0.717, 1.165) is 22.8 Å². The summed E-state index contributed by atoms with van der Waals surface area (Å²) in [5.74, 6) is -0.979. The predicted molar refractivity (Wildman–Crippen MR) is 149 cm³/mol. The molecule has 6 nitrogen and oxygen atoms in total. The van der Waals surface area contributed by atoms with Gasteiger partial charge in [0.2, 0.25) is 6.17 Å². The molecule has 0 saturated heterocycles. The number of aliphatic carboxylic acids is 1. The van der Waals surface area contributed by atoms with Gasteiger partial charge in [-0.1, -0.05) is 0 Å². The third-order valence-electron chi connectivity index (χ3n) is 5.96. The molecule has 3 aromatic carbocycles. The SMILES string of the molecule is Cc1cc(C)n(C(C(=O)O)n2nc(C)cc2C)n1.c1cc[c]([Sn]([c]2ccccc2)[c]2ccccc2)cc1. The summed E-state index contributed by atoms with van der Waals surface area (Å²) < 4.78 is 7.56. The van der Waals surface area contributed by atoms with Crippen LogP contribution in [0.2, 0.25) is 0 Å². The summed E-state index contributed by atoms with van der Waals surface area (Å²) in [6.45, 7) is 7.34. The van der Waals surface area contributed by atoms with Gasteiger partial charge in [0.25, 0.3) is 0 Å². The molecule has 0 bridgehead atoms. The number of rotatable bonds is 6. The summed E-state index contributed by atoms with van der Waals surface area (Å²) in [4.78, 5) is 11.5. The van der Waals surface area contributed by atoms with Crippen LogP contribution in [0.25, 0.3) is 0 Å². The summed E-state index contributed by atoms with van der Waals surface area (Å²) in [5, 5.41) is 17.9. The number of carbonyl (C=O) groups is 1. The topological polar surface area (TPSA) is 72.9 Å². The first-order chi connectivity index (χ1) is 17.8. The van der Waals surface area contributed by atoms with Crippen LogP contribution in [0, 0.1) is 27.7 Å².